The Hall–Kier alpha value is -4.58. The summed E-state index contributed by atoms with van der Waals surface area (Å²) >= 11 is 0. The van der Waals surface area contributed by atoms with Crippen molar-refractivity contribution in [3.8, 4) is 22.5 Å². The summed E-state index contributed by atoms with van der Waals surface area (Å²) in [6.45, 7) is 32.3. The third-order valence-electron chi connectivity index (χ3n) is 13.7. The SMILES string of the molecule is CC(=O)C=C(C)O.CCC(C)(CC)C(=O)C=C(O)C(C)(CC)CC.CCC(C)c1ccc2nc(-c3[c-]c(C)cc(C)c3)ccc2c1.CCC(C)c1cccc2nc(-c3[c-]c(C)cc(C)c3)ccc12.[Ir].[Ir]. The number of ketones is 2. The monoisotopic (exact) mass is 1300 g/mol. The molecule has 4 aromatic carbocycles. The van der Waals surface area contributed by atoms with E-state index in [9.17, 15) is 14.7 Å². The van der Waals surface area contributed by atoms with Crippen LogP contribution in [0.4, 0.5) is 0 Å². The quantitative estimate of drug-likeness (QED) is 0.0640. The van der Waals surface area contributed by atoms with Gasteiger partial charge in [0, 0.05) is 68.6 Å². The van der Waals surface area contributed by atoms with Crippen LogP contribution in [0, 0.1) is 50.7 Å². The molecule has 8 heteroatoms. The molecule has 6 nitrogen and oxygen atoms in total. The van der Waals surface area contributed by atoms with Crippen LogP contribution in [0.25, 0.3) is 44.3 Å². The Balaban J connectivity index is 0.000000489. The minimum absolute atomic E-state index is 0. The molecule has 0 fully saturated rings. The standard InChI is InChI=1S/2C21H22N.C15H28O2.C5H8O2.2Ir/c1-5-16(4)17-6-8-20-18(13-17)7-9-21(22-20)19-11-14(2)10-15(3)12-19;1-5-16(4)18-7-6-8-21-19(18)9-10-20(22-21)17-12-14(2)11-15(3)13-17;1-7-14(5,8-2)12(16)11-13(17)15(6,9-3)10-4;1-4(6)3-5(2)7;;/h6-11,13,16H,5H2,1-4H3;6-12,16H,5H2,1-4H3;11,16H,7-10H2,1-6H3;3,6H,1-2H3;;/q2*-1;;;;. The predicted molar refractivity (Wildman–Crippen MR) is 289 cm³/mol. The number of carbonyl (C=O) groups is 2. The Kier molecular flexibility index (Phi) is 26.9. The maximum Gasteiger partial charge on any atom is 0.164 e. The molecule has 0 bridgehead atoms. The average Bonchev–Trinajstić information content (AvgIpc) is 3.31. The molecule has 6 rings (SSSR count). The summed E-state index contributed by atoms with van der Waals surface area (Å²) in [7, 11) is 0. The molecule has 0 aliphatic heterocycles. The number of hydrogen-bond donors (Lipinski definition) is 2. The van der Waals surface area contributed by atoms with Crippen molar-refractivity contribution in [1.82, 2.24) is 9.97 Å². The van der Waals surface area contributed by atoms with Gasteiger partial charge in [0.1, 0.15) is 5.76 Å². The zero-order valence-corrected chi connectivity index (χ0v) is 49.7. The van der Waals surface area contributed by atoms with Crippen LogP contribution in [-0.2, 0) is 49.8 Å². The molecule has 0 saturated carbocycles. The van der Waals surface area contributed by atoms with E-state index in [2.05, 4.69) is 152 Å². The predicted octanol–water partition coefficient (Wildman–Crippen LogP) is 17.3. The summed E-state index contributed by atoms with van der Waals surface area (Å²) in [5, 5.41) is 21.0. The minimum atomic E-state index is -0.337. The van der Waals surface area contributed by atoms with Gasteiger partial charge in [-0.15, -0.1) is 69.8 Å². The Morgan fingerprint density at radius 2 is 1.11 bits per heavy atom. The number of benzene rings is 4. The second-order valence-electron chi connectivity index (χ2n) is 19.2. The van der Waals surface area contributed by atoms with Gasteiger partial charge in [-0.25, -0.2) is 0 Å². The molecule has 0 spiro atoms. The van der Waals surface area contributed by atoms with Crippen LogP contribution >= 0.6 is 0 Å². The fourth-order valence-corrected chi connectivity index (χ4v) is 7.86. The van der Waals surface area contributed by atoms with Gasteiger partial charge >= 0.3 is 0 Å². The Morgan fingerprint density at radius 3 is 1.56 bits per heavy atom. The van der Waals surface area contributed by atoms with Gasteiger partial charge in [-0.1, -0.05) is 139 Å². The fourth-order valence-electron chi connectivity index (χ4n) is 7.86. The maximum absolute atomic E-state index is 12.2. The first-order chi connectivity index (χ1) is 32.1. The number of aryl methyl sites for hydroxylation is 4. The van der Waals surface area contributed by atoms with Gasteiger partial charge in [-0.05, 0) is 110 Å². The molecule has 382 valence electrons. The van der Waals surface area contributed by atoms with Crippen LogP contribution in [0.1, 0.15) is 167 Å². The molecule has 2 atom stereocenters. The van der Waals surface area contributed by atoms with Crippen LogP contribution < -0.4 is 0 Å². The Bertz CT molecular complexity index is 2650. The van der Waals surface area contributed by atoms with Crippen molar-refractivity contribution in [2.75, 3.05) is 0 Å². The topological polar surface area (TPSA) is 100 Å². The summed E-state index contributed by atoms with van der Waals surface area (Å²) in [5.41, 5.74) is 13.3. The molecule has 2 aromatic heterocycles. The summed E-state index contributed by atoms with van der Waals surface area (Å²) in [6.07, 6.45) is 8.23. The molecule has 0 aliphatic carbocycles. The van der Waals surface area contributed by atoms with E-state index in [-0.39, 0.29) is 74.1 Å². The zero-order valence-electron chi connectivity index (χ0n) is 44.9. The van der Waals surface area contributed by atoms with E-state index in [0.717, 1.165) is 83.2 Å². The van der Waals surface area contributed by atoms with Crippen molar-refractivity contribution in [2.45, 2.75) is 161 Å². The van der Waals surface area contributed by atoms with Crippen LogP contribution in [0.5, 0.6) is 0 Å². The van der Waals surface area contributed by atoms with Crippen LogP contribution in [0.3, 0.4) is 0 Å². The van der Waals surface area contributed by atoms with Gasteiger partial charge in [0.2, 0.25) is 0 Å². The Labute approximate surface area is 449 Å². The number of allylic oxidation sites excluding steroid dienone is 4. The minimum Gasteiger partial charge on any atom is -0.512 e. The third kappa shape index (κ3) is 18.2. The number of hydrogen-bond acceptors (Lipinski definition) is 6. The number of carbonyl (C=O) groups excluding carboxylic acids is 2. The zero-order chi connectivity index (χ0) is 50.9. The molecule has 0 saturated heterocycles. The summed E-state index contributed by atoms with van der Waals surface area (Å²) in [6, 6.07) is 37.1. The average molecular weight is 1300 g/mol. The molecular weight excluding hydrogens is 1220 g/mol. The summed E-state index contributed by atoms with van der Waals surface area (Å²) < 4.78 is 0. The number of aliphatic hydroxyl groups is 2. The first-order valence-electron chi connectivity index (χ1n) is 24.7. The van der Waals surface area contributed by atoms with E-state index < -0.39 is 0 Å². The molecule has 2 radical (unpaired) electrons. The maximum atomic E-state index is 12.2. The van der Waals surface area contributed by atoms with Crippen molar-refractivity contribution in [3.63, 3.8) is 0 Å². The Morgan fingerprint density at radius 1 is 0.614 bits per heavy atom. The molecular formula is C62H80Ir2N2O4-2. The molecule has 0 aliphatic rings. The van der Waals surface area contributed by atoms with Gasteiger partial charge < -0.3 is 10.2 Å². The molecule has 2 N–H and O–H groups in total. The summed E-state index contributed by atoms with van der Waals surface area (Å²) in [5.74, 6) is 1.38. The van der Waals surface area contributed by atoms with Gasteiger partial charge in [-0.2, -0.15) is 0 Å². The first-order valence-corrected chi connectivity index (χ1v) is 24.7. The first kappa shape index (κ1) is 63.4. The number of aliphatic hydroxyl groups excluding tert-OH is 2. The van der Waals surface area contributed by atoms with Crippen molar-refractivity contribution in [3.05, 3.63) is 154 Å². The van der Waals surface area contributed by atoms with E-state index >= 15 is 0 Å². The number of fused-ring (bicyclic) bond motifs is 2. The van der Waals surface area contributed by atoms with Gasteiger partial charge in [0.15, 0.2) is 11.6 Å². The van der Waals surface area contributed by atoms with E-state index in [1.807, 2.05) is 41.5 Å². The van der Waals surface area contributed by atoms with E-state index in [1.165, 1.54) is 59.0 Å². The van der Waals surface area contributed by atoms with Gasteiger partial charge in [0.25, 0.3) is 0 Å². The van der Waals surface area contributed by atoms with Crippen molar-refractivity contribution >= 4 is 33.4 Å². The largest absolute Gasteiger partial charge is 0.512 e. The normalized spacial score (nSPS) is 12.4. The molecule has 6 aromatic rings. The van der Waals surface area contributed by atoms with E-state index in [0.29, 0.717) is 11.8 Å². The number of pyridine rings is 2. The van der Waals surface area contributed by atoms with Crippen molar-refractivity contribution in [2.24, 2.45) is 10.8 Å². The molecule has 70 heavy (non-hydrogen) atoms. The van der Waals surface area contributed by atoms with Crippen molar-refractivity contribution in [1.29, 1.82) is 0 Å². The van der Waals surface area contributed by atoms with Gasteiger partial charge in [-0.3, -0.25) is 19.6 Å². The molecule has 2 unspecified atom stereocenters. The summed E-state index contributed by atoms with van der Waals surface area (Å²) in [4.78, 5) is 31.9. The van der Waals surface area contributed by atoms with Crippen molar-refractivity contribution < 1.29 is 60.0 Å². The number of rotatable bonds is 14. The van der Waals surface area contributed by atoms with Crippen LogP contribution in [0.15, 0.2) is 109 Å². The second-order valence-corrected chi connectivity index (χ2v) is 19.2. The smallest absolute Gasteiger partial charge is 0.164 e. The number of nitrogens with zero attached hydrogens (tertiary/aromatic N) is 2. The van der Waals surface area contributed by atoms with E-state index in [4.69, 9.17) is 15.1 Å². The van der Waals surface area contributed by atoms with Crippen LogP contribution in [0.2, 0.25) is 0 Å². The van der Waals surface area contributed by atoms with Gasteiger partial charge in [0.05, 0.1) is 16.8 Å². The third-order valence-corrected chi connectivity index (χ3v) is 13.7. The second kappa shape index (κ2) is 29.7. The number of aromatic nitrogens is 2. The molecule has 0 amide bonds. The fraction of sp³-hybridized carbons (Fsp3) is 0.419. The van der Waals surface area contributed by atoms with Crippen LogP contribution in [-0.4, -0.2) is 31.7 Å². The van der Waals surface area contributed by atoms with E-state index in [1.54, 1.807) is 0 Å². The molecule has 2 heterocycles.